The van der Waals surface area contributed by atoms with Crippen molar-refractivity contribution < 1.29 is 27.1 Å². The number of pyridine rings is 1. The van der Waals surface area contributed by atoms with E-state index in [4.69, 9.17) is 4.42 Å². The first-order valence-corrected chi connectivity index (χ1v) is 4.47. The molecule has 2 rings (SSSR count). The predicted molar refractivity (Wildman–Crippen MR) is 50.4 cm³/mol. The first-order chi connectivity index (χ1) is 7.91. The second kappa shape index (κ2) is 3.76. The molecule has 0 saturated carbocycles. The number of alkyl halides is 3. The Morgan fingerprint density at radius 1 is 1.41 bits per heavy atom. The van der Waals surface area contributed by atoms with E-state index in [1.807, 2.05) is 0 Å². The molecule has 0 unspecified atom stereocenters. The number of carbonyl (C=O) groups is 1. The van der Waals surface area contributed by atoms with Crippen molar-refractivity contribution in [1.82, 2.24) is 4.98 Å². The minimum absolute atomic E-state index is 0.0431. The van der Waals surface area contributed by atoms with Crippen molar-refractivity contribution in [1.29, 1.82) is 0 Å². The van der Waals surface area contributed by atoms with E-state index in [1.165, 1.54) is 0 Å². The van der Waals surface area contributed by atoms with Crippen LogP contribution in [0.1, 0.15) is 16.1 Å². The zero-order valence-electron chi connectivity index (χ0n) is 8.54. The number of fused-ring (bicyclic) bond motifs is 1. The van der Waals surface area contributed by atoms with E-state index in [0.717, 1.165) is 19.2 Å². The zero-order chi connectivity index (χ0) is 12.6. The third-order valence-electron chi connectivity index (χ3n) is 2.09. The van der Waals surface area contributed by atoms with Gasteiger partial charge in [0.2, 0.25) is 11.5 Å². The second-order valence-electron chi connectivity index (χ2n) is 3.22. The summed E-state index contributed by atoms with van der Waals surface area (Å²) >= 11 is 0. The topological polar surface area (TPSA) is 52.3 Å². The number of esters is 1. The molecule has 0 saturated heterocycles. The Kier molecular flexibility index (Phi) is 2.53. The molecule has 2 aromatic heterocycles. The maximum absolute atomic E-state index is 12.4. The molecule has 0 aromatic carbocycles. The molecule has 0 bridgehead atoms. The van der Waals surface area contributed by atoms with E-state index in [0.29, 0.717) is 6.20 Å². The number of hydrogen-bond donors (Lipinski definition) is 0. The number of nitrogens with zero attached hydrogens (tertiary/aromatic N) is 1. The third-order valence-corrected chi connectivity index (χ3v) is 2.09. The molecule has 90 valence electrons. The van der Waals surface area contributed by atoms with Crippen LogP contribution in [0.25, 0.3) is 11.1 Å². The highest BCUT2D eigenvalue weighted by atomic mass is 19.4. The molecular formula is C10H6F3NO3. The van der Waals surface area contributed by atoms with Gasteiger partial charge in [0.1, 0.15) is 0 Å². The maximum atomic E-state index is 12.4. The van der Waals surface area contributed by atoms with Crippen LogP contribution in [0, 0.1) is 0 Å². The van der Waals surface area contributed by atoms with E-state index in [2.05, 4.69) is 9.72 Å². The quantitative estimate of drug-likeness (QED) is 0.724. The van der Waals surface area contributed by atoms with Gasteiger partial charge in [-0.1, -0.05) is 0 Å². The number of rotatable bonds is 1. The normalized spacial score (nSPS) is 11.8. The number of halogens is 3. The summed E-state index contributed by atoms with van der Waals surface area (Å²) in [6.07, 6.45) is -3.84. The Morgan fingerprint density at radius 2 is 2.12 bits per heavy atom. The van der Waals surface area contributed by atoms with Gasteiger partial charge in [0.25, 0.3) is 0 Å². The van der Waals surface area contributed by atoms with Gasteiger partial charge in [-0.25, -0.2) is 9.78 Å². The largest absolute Gasteiger partial charge is 0.463 e. The fraction of sp³-hybridized carbons (Fsp3) is 0.200. The lowest BCUT2D eigenvalue weighted by molar-refractivity contribution is -0.137. The van der Waals surface area contributed by atoms with Gasteiger partial charge < -0.3 is 9.15 Å². The number of carbonyl (C=O) groups excluding carboxylic acids is 1. The summed E-state index contributed by atoms with van der Waals surface area (Å²) < 4.78 is 46.5. The van der Waals surface area contributed by atoms with Crippen molar-refractivity contribution >= 4 is 17.1 Å². The van der Waals surface area contributed by atoms with Crippen LogP contribution < -0.4 is 0 Å². The molecule has 0 spiro atoms. The molecule has 0 aliphatic carbocycles. The lowest BCUT2D eigenvalue weighted by Gasteiger charge is -2.04. The van der Waals surface area contributed by atoms with Crippen LogP contribution in [0.3, 0.4) is 0 Å². The standard InChI is InChI=1S/C10H6F3NO3/c1-16-9(15)7-3-5-2-6(10(11,12)13)4-14-8(5)17-7/h2-4H,1H3. The smallest absolute Gasteiger partial charge is 0.417 e. The van der Waals surface area contributed by atoms with Gasteiger partial charge in [-0.05, 0) is 6.07 Å². The van der Waals surface area contributed by atoms with Gasteiger partial charge >= 0.3 is 12.1 Å². The van der Waals surface area contributed by atoms with Gasteiger partial charge in [-0.2, -0.15) is 13.2 Å². The molecule has 0 aliphatic heterocycles. The molecule has 0 fully saturated rings. The van der Waals surface area contributed by atoms with Gasteiger partial charge in [0.15, 0.2) is 0 Å². The molecule has 17 heavy (non-hydrogen) atoms. The van der Waals surface area contributed by atoms with Gasteiger partial charge in [-0.3, -0.25) is 0 Å². The van der Waals surface area contributed by atoms with Crippen molar-refractivity contribution in [3.05, 3.63) is 29.7 Å². The van der Waals surface area contributed by atoms with E-state index >= 15 is 0 Å². The van der Waals surface area contributed by atoms with Crippen LogP contribution in [0.4, 0.5) is 13.2 Å². The molecule has 0 atom stereocenters. The third kappa shape index (κ3) is 2.08. The number of furan rings is 1. The molecule has 0 amide bonds. The molecular weight excluding hydrogens is 239 g/mol. The SMILES string of the molecule is COC(=O)c1cc2cc(C(F)(F)F)cnc2o1. The first-order valence-electron chi connectivity index (χ1n) is 4.47. The maximum Gasteiger partial charge on any atom is 0.417 e. The summed E-state index contributed by atoms with van der Waals surface area (Å²) in [4.78, 5) is 14.6. The Morgan fingerprint density at radius 3 is 2.71 bits per heavy atom. The first kappa shape index (κ1) is 11.4. The summed E-state index contributed by atoms with van der Waals surface area (Å²) in [7, 11) is 1.14. The molecule has 0 aliphatic rings. The number of hydrogen-bond acceptors (Lipinski definition) is 4. The van der Waals surface area contributed by atoms with Crippen molar-refractivity contribution in [2.24, 2.45) is 0 Å². The lowest BCUT2D eigenvalue weighted by atomic mass is 10.2. The Hall–Kier alpha value is -2.05. The summed E-state index contributed by atoms with van der Waals surface area (Å²) in [5, 5.41) is 0.0974. The Labute approximate surface area is 93.0 Å². The summed E-state index contributed by atoms with van der Waals surface area (Å²) in [6.45, 7) is 0. The number of ether oxygens (including phenoxy) is 1. The van der Waals surface area contributed by atoms with Gasteiger partial charge in [0.05, 0.1) is 12.7 Å². The zero-order valence-corrected chi connectivity index (χ0v) is 8.54. The molecule has 4 nitrogen and oxygen atoms in total. The number of aromatic nitrogens is 1. The van der Waals surface area contributed by atoms with Crippen molar-refractivity contribution in [2.75, 3.05) is 7.11 Å². The monoisotopic (exact) mass is 245 g/mol. The minimum atomic E-state index is -4.48. The van der Waals surface area contributed by atoms with E-state index in [1.54, 1.807) is 0 Å². The second-order valence-corrected chi connectivity index (χ2v) is 3.22. The average molecular weight is 245 g/mol. The molecule has 0 radical (unpaired) electrons. The van der Waals surface area contributed by atoms with Crippen molar-refractivity contribution in [2.45, 2.75) is 6.18 Å². The fourth-order valence-electron chi connectivity index (χ4n) is 1.29. The lowest BCUT2D eigenvalue weighted by Crippen LogP contribution is -2.04. The van der Waals surface area contributed by atoms with Crippen molar-refractivity contribution in [3.63, 3.8) is 0 Å². The van der Waals surface area contributed by atoms with Crippen LogP contribution in [-0.2, 0) is 10.9 Å². The van der Waals surface area contributed by atoms with Crippen LogP contribution in [0.15, 0.2) is 22.7 Å². The molecule has 0 N–H and O–H groups in total. The summed E-state index contributed by atoms with van der Waals surface area (Å²) in [5.41, 5.74) is -0.944. The molecule has 2 aromatic rings. The average Bonchev–Trinajstić information content (AvgIpc) is 2.69. The van der Waals surface area contributed by atoms with Gasteiger partial charge in [0, 0.05) is 17.6 Å². The van der Waals surface area contributed by atoms with Gasteiger partial charge in [-0.15, -0.1) is 0 Å². The van der Waals surface area contributed by atoms with E-state index < -0.39 is 17.7 Å². The highest BCUT2D eigenvalue weighted by Gasteiger charge is 2.31. The van der Waals surface area contributed by atoms with E-state index in [9.17, 15) is 18.0 Å². The Balaban J connectivity index is 2.52. The van der Waals surface area contributed by atoms with Crippen LogP contribution in [0.5, 0.6) is 0 Å². The van der Waals surface area contributed by atoms with Crippen LogP contribution in [-0.4, -0.2) is 18.1 Å². The highest BCUT2D eigenvalue weighted by molar-refractivity contribution is 5.91. The minimum Gasteiger partial charge on any atom is -0.463 e. The van der Waals surface area contributed by atoms with Crippen LogP contribution in [0.2, 0.25) is 0 Å². The fourth-order valence-corrected chi connectivity index (χ4v) is 1.29. The van der Waals surface area contributed by atoms with Crippen molar-refractivity contribution in [3.8, 4) is 0 Å². The highest BCUT2D eigenvalue weighted by Crippen LogP contribution is 2.31. The summed E-state index contributed by atoms with van der Waals surface area (Å²) in [6, 6.07) is 2.02. The summed E-state index contributed by atoms with van der Waals surface area (Å²) in [5.74, 6) is -0.953. The van der Waals surface area contributed by atoms with E-state index in [-0.39, 0.29) is 16.9 Å². The number of methoxy groups -OCH3 is 1. The Bertz CT molecular complexity index is 574. The predicted octanol–water partition coefficient (Wildman–Crippen LogP) is 2.63. The van der Waals surface area contributed by atoms with Crippen LogP contribution >= 0.6 is 0 Å². The molecule has 2 heterocycles. The molecule has 7 heteroatoms.